The predicted octanol–water partition coefficient (Wildman–Crippen LogP) is 5.27. The zero-order valence-electron chi connectivity index (χ0n) is 30.1. The van der Waals surface area contributed by atoms with Crippen molar-refractivity contribution in [3.63, 3.8) is 0 Å². The van der Waals surface area contributed by atoms with Gasteiger partial charge in [0.05, 0.1) is 29.0 Å². The number of nitrogens with zero attached hydrogens (tertiary/aromatic N) is 4. The van der Waals surface area contributed by atoms with Gasteiger partial charge in [-0.2, -0.15) is 0 Å². The second kappa shape index (κ2) is 15.9. The number of carboxylic acid groups (broad SMARTS) is 1. The van der Waals surface area contributed by atoms with E-state index in [1.54, 1.807) is 40.7 Å². The molecule has 1 saturated heterocycles. The smallest absolute Gasteiger partial charge is 0.415 e. The fourth-order valence-corrected chi connectivity index (χ4v) is 7.68. The van der Waals surface area contributed by atoms with Crippen LogP contribution in [0, 0.1) is 0 Å². The number of ether oxygens (including phenoxy) is 2. The highest BCUT2D eigenvalue weighted by atomic mass is 16.6. The van der Waals surface area contributed by atoms with Crippen molar-refractivity contribution in [2.45, 2.75) is 110 Å². The standard InChI is InChI=1S/C39H48N4O9/c1-3-26-27-21-25(52-38(49)42-19-17-41(18-20-42)33(44)13-11-9-7-5-6-8-10-12-14-34(45)46)15-16-31(27)40-35-28(26)23-43-32(35)22-30-29(36(43)47)24-51-37(48)39(30,50)4-2/h15-16,21-22,50H,3-14,17-20,23-24H2,1-2H3,(H,45,46)/t39-/m0/s1. The number of hydrogen-bond acceptors (Lipinski definition) is 9. The van der Waals surface area contributed by atoms with Crippen molar-refractivity contribution in [3.8, 4) is 17.1 Å². The number of rotatable bonds is 14. The summed E-state index contributed by atoms with van der Waals surface area (Å²) in [6.07, 6.45) is 8.77. The van der Waals surface area contributed by atoms with Crippen LogP contribution in [0.3, 0.4) is 0 Å². The fourth-order valence-electron chi connectivity index (χ4n) is 7.68. The lowest BCUT2D eigenvalue weighted by Crippen LogP contribution is -2.51. The van der Waals surface area contributed by atoms with E-state index in [1.165, 1.54) is 0 Å². The summed E-state index contributed by atoms with van der Waals surface area (Å²) < 4.78 is 12.6. The first-order chi connectivity index (χ1) is 25.0. The van der Waals surface area contributed by atoms with Gasteiger partial charge in [-0.25, -0.2) is 14.6 Å². The lowest BCUT2D eigenvalue weighted by molar-refractivity contribution is -0.172. The summed E-state index contributed by atoms with van der Waals surface area (Å²) in [7, 11) is 0. The Balaban J connectivity index is 1.04. The summed E-state index contributed by atoms with van der Waals surface area (Å²) in [5, 5.41) is 20.7. The van der Waals surface area contributed by atoms with Crippen LogP contribution in [0.1, 0.15) is 107 Å². The zero-order chi connectivity index (χ0) is 37.0. The van der Waals surface area contributed by atoms with Crippen molar-refractivity contribution in [3.05, 3.63) is 56.9 Å². The van der Waals surface area contributed by atoms with E-state index in [-0.39, 0.29) is 48.6 Å². The molecule has 1 fully saturated rings. The molecule has 5 heterocycles. The van der Waals surface area contributed by atoms with E-state index in [9.17, 15) is 29.1 Å². The van der Waals surface area contributed by atoms with Crippen molar-refractivity contribution in [1.82, 2.24) is 19.4 Å². The molecule has 3 aliphatic rings. The van der Waals surface area contributed by atoms with E-state index in [0.717, 1.165) is 67.9 Å². The second-order valence-corrected chi connectivity index (χ2v) is 14.0. The molecule has 0 saturated carbocycles. The molecule has 0 aliphatic carbocycles. The van der Waals surface area contributed by atoms with Gasteiger partial charge in [-0.15, -0.1) is 0 Å². The van der Waals surface area contributed by atoms with Gasteiger partial charge in [-0.1, -0.05) is 52.4 Å². The second-order valence-electron chi connectivity index (χ2n) is 14.0. The van der Waals surface area contributed by atoms with Gasteiger partial charge in [-0.05, 0) is 55.5 Å². The molecule has 0 unspecified atom stereocenters. The third kappa shape index (κ3) is 7.41. The fraction of sp³-hybridized carbons (Fsp3) is 0.538. The number of carbonyl (C=O) groups is 4. The van der Waals surface area contributed by atoms with Gasteiger partial charge in [0.1, 0.15) is 12.4 Å². The summed E-state index contributed by atoms with van der Waals surface area (Å²) in [5.74, 6) is -1.02. The van der Waals surface area contributed by atoms with Gasteiger partial charge in [0.2, 0.25) is 5.91 Å². The number of pyridine rings is 2. The highest BCUT2D eigenvalue weighted by Gasteiger charge is 2.45. The van der Waals surface area contributed by atoms with Crippen LogP contribution in [0.2, 0.25) is 0 Å². The molecule has 13 heteroatoms. The van der Waals surface area contributed by atoms with Crippen LogP contribution in [-0.4, -0.2) is 79.7 Å². The maximum Gasteiger partial charge on any atom is 0.415 e. The lowest BCUT2D eigenvalue weighted by Gasteiger charge is -2.34. The van der Waals surface area contributed by atoms with Crippen LogP contribution >= 0.6 is 0 Å². The monoisotopic (exact) mass is 716 g/mol. The van der Waals surface area contributed by atoms with Crippen molar-refractivity contribution >= 4 is 34.8 Å². The normalized spacial score (nSPS) is 17.8. The summed E-state index contributed by atoms with van der Waals surface area (Å²) in [6, 6.07) is 6.99. The minimum absolute atomic E-state index is 0.0673. The number of unbranched alkanes of at least 4 members (excludes halogenated alkanes) is 7. The molecule has 2 aromatic heterocycles. The highest BCUT2D eigenvalue weighted by molar-refractivity contribution is 5.90. The number of aliphatic carboxylic acids is 1. The third-order valence-corrected chi connectivity index (χ3v) is 10.8. The van der Waals surface area contributed by atoms with Crippen LogP contribution in [0.4, 0.5) is 4.79 Å². The number of aryl methyl sites for hydroxylation is 1. The maximum absolute atomic E-state index is 13.6. The van der Waals surface area contributed by atoms with E-state index in [1.807, 2.05) is 11.8 Å². The maximum atomic E-state index is 13.6. The number of cyclic esters (lactones) is 1. The van der Waals surface area contributed by atoms with Crippen LogP contribution in [0.25, 0.3) is 22.3 Å². The molecule has 0 bridgehead atoms. The Bertz CT molecular complexity index is 1930. The first-order valence-electron chi connectivity index (χ1n) is 18.6. The number of aliphatic hydroxyl groups is 1. The molecule has 3 aromatic rings. The number of fused-ring (bicyclic) bond motifs is 5. The number of esters is 1. The van der Waals surface area contributed by atoms with E-state index < -0.39 is 23.6 Å². The Morgan fingerprint density at radius 2 is 1.54 bits per heavy atom. The van der Waals surface area contributed by atoms with E-state index in [2.05, 4.69) is 0 Å². The van der Waals surface area contributed by atoms with Gasteiger partial charge in [0.25, 0.3) is 5.56 Å². The summed E-state index contributed by atoms with van der Waals surface area (Å²) in [4.78, 5) is 71.1. The molecule has 2 N–H and O–H groups in total. The van der Waals surface area contributed by atoms with Crippen molar-refractivity contribution in [2.24, 2.45) is 0 Å². The lowest BCUT2D eigenvalue weighted by atomic mass is 9.86. The van der Waals surface area contributed by atoms with E-state index in [0.29, 0.717) is 61.7 Å². The third-order valence-electron chi connectivity index (χ3n) is 10.8. The molecule has 0 spiro atoms. The number of aromatic nitrogens is 2. The highest BCUT2D eigenvalue weighted by Crippen LogP contribution is 2.40. The quantitative estimate of drug-likeness (QED) is 0.130. The molecular formula is C39H48N4O9. The number of piperazine rings is 1. The Morgan fingerprint density at radius 3 is 2.19 bits per heavy atom. The number of carbonyl (C=O) groups excluding carboxylic acids is 3. The first-order valence-corrected chi connectivity index (χ1v) is 18.6. The molecule has 1 aromatic carbocycles. The van der Waals surface area contributed by atoms with Crippen molar-refractivity contribution in [2.75, 3.05) is 26.2 Å². The number of carboxylic acids is 1. The predicted molar refractivity (Wildman–Crippen MR) is 192 cm³/mol. The molecule has 278 valence electrons. The van der Waals surface area contributed by atoms with E-state index in [4.69, 9.17) is 19.6 Å². The molecule has 13 nitrogen and oxygen atoms in total. The molecule has 0 radical (unpaired) electrons. The number of amides is 2. The summed E-state index contributed by atoms with van der Waals surface area (Å²) in [5.41, 5.74) is 2.01. The zero-order valence-corrected chi connectivity index (χ0v) is 30.1. The average molecular weight is 717 g/mol. The minimum Gasteiger partial charge on any atom is -0.481 e. The van der Waals surface area contributed by atoms with Crippen LogP contribution < -0.4 is 10.3 Å². The van der Waals surface area contributed by atoms with Gasteiger partial charge < -0.3 is 34.1 Å². The van der Waals surface area contributed by atoms with Gasteiger partial charge in [0.15, 0.2) is 5.60 Å². The minimum atomic E-state index is -1.90. The molecule has 6 rings (SSSR count). The van der Waals surface area contributed by atoms with Crippen LogP contribution in [0.15, 0.2) is 29.1 Å². The molecule has 2 amide bonds. The number of hydrogen-bond donors (Lipinski definition) is 2. The topological polar surface area (TPSA) is 169 Å². The summed E-state index contributed by atoms with van der Waals surface area (Å²) >= 11 is 0. The first kappa shape index (κ1) is 37.0. The molecular weight excluding hydrogens is 668 g/mol. The molecule has 52 heavy (non-hydrogen) atoms. The SMILES string of the molecule is CCc1c2c(nc3ccc(OC(=O)N4CCN(C(=O)CCCCCCCCCCC(=O)O)CC4)cc13)-c1cc3c(c(=O)n1C2)COC(=O)[C@]3(O)CC. The Kier molecular flexibility index (Phi) is 11.3. The molecule has 3 aliphatic heterocycles. The molecule has 1 atom stereocenters. The largest absolute Gasteiger partial charge is 0.481 e. The Morgan fingerprint density at radius 1 is 0.885 bits per heavy atom. The van der Waals surface area contributed by atoms with Crippen molar-refractivity contribution < 1.29 is 38.9 Å². The summed E-state index contributed by atoms with van der Waals surface area (Å²) in [6.45, 7) is 5.46. The number of benzene rings is 1. The average Bonchev–Trinajstić information content (AvgIpc) is 3.51. The van der Waals surface area contributed by atoms with Crippen LogP contribution in [0.5, 0.6) is 5.75 Å². The van der Waals surface area contributed by atoms with Gasteiger partial charge in [0, 0.05) is 55.5 Å². The Hall–Kier alpha value is -4.78. The van der Waals surface area contributed by atoms with Crippen LogP contribution in [-0.2, 0) is 44.3 Å². The van der Waals surface area contributed by atoms with Gasteiger partial charge in [-0.3, -0.25) is 14.4 Å². The van der Waals surface area contributed by atoms with Gasteiger partial charge >= 0.3 is 18.0 Å². The van der Waals surface area contributed by atoms with Crippen molar-refractivity contribution in [1.29, 1.82) is 0 Å². The van der Waals surface area contributed by atoms with E-state index >= 15 is 0 Å². The Labute approximate surface area is 302 Å².